The van der Waals surface area contributed by atoms with Gasteiger partial charge < -0.3 is 9.30 Å². The number of nitro benzene ring substituents is 1. The molecule has 1 aromatic heterocycles. The average Bonchev–Trinajstić information content (AvgIpc) is 3.08. The minimum absolute atomic E-state index is 0.0614. The maximum atomic E-state index is 12.4. The average molecular weight is 425 g/mol. The molecule has 3 rings (SSSR count). The maximum Gasteiger partial charge on any atom is 0.325 e. The molecule has 30 heavy (non-hydrogen) atoms. The Kier molecular flexibility index (Phi) is 6.53. The number of fused-ring (bicyclic) bond motifs is 1. The van der Waals surface area contributed by atoms with Gasteiger partial charge in [0.1, 0.15) is 6.54 Å². The van der Waals surface area contributed by atoms with Crippen molar-refractivity contribution in [3.63, 3.8) is 0 Å². The first-order chi connectivity index (χ1) is 14.4. The molecule has 1 heterocycles. The van der Waals surface area contributed by atoms with Crippen LogP contribution in [0.4, 0.5) is 5.69 Å². The fourth-order valence-electron chi connectivity index (χ4n) is 2.81. The molecular weight excluding hydrogens is 406 g/mol. The SMILES string of the molecule is CCc1ccc2c(c1)sc(=NC(=O)C=Cc1cccc([N+](=O)[O-])c1)n2CC(=O)OC. The van der Waals surface area contributed by atoms with E-state index in [1.54, 1.807) is 16.7 Å². The van der Waals surface area contributed by atoms with Crippen molar-refractivity contribution in [3.05, 3.63) is 74.6 Å². The summed E-state index contributed by atoms with van der Waals surface area (Å²) in [6.45, 7) is 1.98. The Morgan fingerprint density at radius 1 is 1.27 bits per heavy atom. The minimum atomic E-state index is -0.539. The van der Waals surface area contributed by atoms with Gasteiger partial charge in [-0.25, -0.2) is 0 Å². The molecule has 0 radical (unpaired) electrons. The van der Waals surface area contributed by atoms with Crippen molar-refractivity contribution in [2.45, 2.75) is 19.9 Å². The van der Waals surface area contributed by atoms with E-state index in [-0.39, 0.29) is 12.2 Å². The van der Waals surface area contributed by atoms with Crippen LogP contribution in [-0.2, 0) is 27.3 Å². The number of ether oxygens (including phenoxy) is 1. The lowest BCUT2D eigenvalue weighted by Gasteiger charge is -2.04. The smallest absolute Gasteiger partial charge is 0.325 e. The van der Waals surface area contributed by atoms with Gasteiger partial charge in [-0.15, -0.1) is 0 Å². The summed E-state index contributed by atoms with van der Waals surface area (Å²) in [5.41, 5.74) is 2.38. The van der Waals surface area contributed by atoms with Crippen molar-refractivity contribution in [2.75, 3.05) is 7.11 Å². The molecular formula is C21H19N3O5S. The van der Waals surface area contributed by atoms with E-state index in [1.165, 1.54) is 42.7 Å². The van der Waals surface area contributed by atoms with Crippen molar-refractivity contribution >= 4 is 45.2 Å². The largest absolute Gasteiger partial charge is 0.468 e. The van der Waals surface area contributed by atoms with E-state index in [9.17, 15) is 19.7 Å². The van der Waals surface area contributed by atoms with E-state index in [1.807, 2.05) is 25.1 Å². The third kappa shape index (κ3) is 4.87. The highest BCUT2D eigenvalue weighted by Crippen LogP contribution is 2.20. The van der Waals surface area contributed by atoms with Crippen LogP contribution in [-0.4, -0.2) is 28.5 Å². The normalized spacial score (nSPS) is 11.9. The van der Waals surface area contributed by atoms with Gasteiger partial charge in [-0.1, -0.05) is 36.5 Å². The minimum Gasteiger partial charge on any atom is -0.468 e. The zero-order valence-electron chi connectivity index (χ0n) is 16.4. The Hall–Kier alpha value is -3.59. The zero-order valence-corrected chi connectivity index (χ0v) is 17.2. The van der Waals surface area contributed by atoms with Crippen LogP contribution in [0.3, 0.4) is 0 Å². The second kappa shape index (κ2) is 9.27. The molecule has 0 aliphatic rings. The molecule has 0 saturated carbocycles. The first-order valence-corrected chi connectivity index (χ1v) is 9.93. The zero-order chi connectivity index (χ0) is 21.7. The Labute approximate surface area is 175 Å². The standard InChI is InChI=1S/C21H19N3O5S/c1-3-14-7-9-17-18(12-14)30-21(23(17)13-20(26)29-2)22-19(25)10-8-15-5-4-6-16(11-15)24(27)28/h4-12H,3,13H2,1-2H3. The summed E-state index contributed by atoms with van der Waals surface area (Å²) >= 11 is 1.31. The van der Waals surface area contributed by atoms with Crippen molar-refractivity contribution in [1.82, 2.24) is 4.57 Å². The number of hydrogen-bond acceptors (Lipinski definition) is 6. The molecule has 0 bridgehead atoms. The number of benzene rings is 2. The second-order valence-corrected chi connectivity index (χ2v) is 7.35. The molecule has 1 amide bonds. The molecule has 0 N–H and O–H groups in total. The Morgan fingerprint density at radius 2 is 2.07 bits per heavy atom. The van der Waals surface area contributed by atoms with E-state index in [2.05, 4.69) is 4.99 Å². The summed E-state index contributed by atoms with van der Waals surface area (Å²) < 4.78 is 7.32. The molecule has 0 aliphatic heterocycles. The number of carbonyl (C=O) groups excluding carboxylic acids is 2. The van der Waals surface area contributed by atoms with Gasteiger partial charge in [-0.3, -0.25) is 19.7 Å². The number of methoxy groups -OCH3 is 1. The number of nitrogens with zero attached hydrogens (tertiary/aromatic N) is 3. The number of hydrogen-bond donors (Lipinski definition) is 0. The highest BCUT2D eigenvalue weighted by molar-refractivity contribution is 7.16. The molecule has 2 aromatic carbocycles. The summed E-state index contributed by atoms with van der Waals surface area (Å²) in [6.07, 6.45) is 3.57. The van der Waals surface area contributed by atoms with Crippen LogP contribution in [0.5, 0.6) is 0 Å². The van der Waals surface area contributed by atoms with Crippen LogP contribution in [0.25, 0.3) is 16.3 Å². The first-order valence-electron chi connectivity index (χ1n) is 9.11. The van der Waals surface area contributed by atoms with Gasteiger partial charge in [-0.05, 0) is 35.8 Å². The van der Waals surface area contributed by atoms with Gasteiger partial charge in [0.15, 0.2) is 4.80 Å². The highest BCUT2D eigenvalue weighted by atomic mass is 32.1. The summed E-state index contributed by atoms with van der Waals surface area (Å²) in [6, 6.07) is 11.8. The van der Waals surface area contributed by atoms with E-state index in [0.717, 1.165) is 22.2 Å². The number of esters is 1. The maximum absolute atomic E-state index is 12.4. The van der Waals surface area contributed by atoms with E-state index in [0.29, 0.717) is 10.4 Å². The molecule has 0 spiro atoms. The van der Waals surface area contributed by atoms with Gasteiger partial charge in [-0.2, -0.15) is 4.99 Å². The quantitative estimate of drug-likeness (QED) is 0.260. The molecule has 9 heteroatoms. The highest BCUT2D eigenvalue weighted by Gasteiger charge is 2.12. The summed E-state index contributed by atoms with van der Waals surface area (Å²) in [5, 5.41) is 10.9. The molecule has 0 unspecified atom stereocenters. The van der Waals surface area contributed by atoms with Crippen molar-refractivity contribution in [2.24, 2.45) is 4.99 Å². The van der Waals surface area contributed by atoms with Crippen LogP contribution in [0.2, 0.25) is 0 Å². The molecule has 0 atom stereocenters. The van der Waals surface area contributed by atoms with E-state index >= 15 is 0 Å². The van der Waals surface area contributed by atoms with Gasteiger partial charge in [0.2, 0.25) is 0 Å². The lowest BCUT2D eigenvalue weighted by atomic mass is 10.2. The number of thiazole rings is 1. The van der Waals surface area contributed by atoms with Gasteiger partial charge in [0.05, 0.1) is 22.2 Å². The van der Waals surface area contributed by atoms with Crippen LogP contribution in [0, 0.1) is 10.1 Å². The lowest BCUT2D eigenvalue weighted by molar-refractivity contribution is -0.384. The third-order valence-electron chi connectivity index (χ3n) is 4.38. The van der Waals surface area contributed by atoms with Crippen LogP contribution >= 0.6 is 11.3 Å². The number of carbonyl (C=O) groups is 2. The fourth-order valence-corrected chi connectivity index (χ4v) is 3.91. The topological polar surface area (TPSA) is 104 Å². The van der Waals surface area contributed by atoms with Gasteiger partial charge in [0.25, 0.3) is 11.6 Å². The molecule has 3 aromatic rings. The molecule has 0 saturated heterocycles. The van der Waals surface area contributed by atoms with Crippen LogP contribution < -0.4 is 4.80 Å². The lowest BCUT2D eigenvalue weighted by Crippen LogP contribution is -2.22. The van der Waals surface area contributed by atoms with Crippen molar-refractivity contribution in [3.8, 4) is 0 Å². The van der Waals surface area contributed by atoms with Crippen LogP contribution in [0.1, 0.15) is 18.1 Å². The number of aromatic nitrogens is 1. The predicted octanol–water partition coefficient (Wildman–Crippen LogP) is 3.49. The second-order valence-electron chi connectivity index (χ2n) is 6.34. The number of non-ortho nitro benzene ring substituents is 1. The fraction of sp³-hybridized carbons (Fsp3) is 0.190. The molecule has 8 nitrogen and oxygen atoms in total. The van der Waals surface area contributed by atoms with Crippen LogP contribution in [0.15, 0.2) is 53.5 Å². The van der Waals surface area contributed by atoms with E-state index < -0.39 is 16.8 Å². The number of rotatable bonds is 6. The molecule has 154 valence electrons. The van der Waals surface area contributed by atoms with Gasteiger partial charge in [0, 0.05) is 18.2 Å². The Morgan fingerprint density at radius 3 is 2.77 bits per heavy atom. The number of aryl methyl sites for hydroxylation is 1. The third-order valence-corrected chi connectivity index (χ3v) is 5.42. The summed E-state index contributed by atoms with van der Waals surface area (Å²) in [7, 11) is 1.30. The predicted molar refractivity (Wildman–Crippen MR) is 114 cm³/mol. The number of amides is 1. The van der Waals surface area contributed by atoms with Gasteiger partial charge >= 0.3 is 5.97 Å². The van der Waals surface area contributed by atoms with E-state index in [4.69, 9.17) is 4.74 Å². The number of nitro groups is 1. The summed E-state index contributed by atoms with van der Waals surface area (Å²) in [4.78, 5) is 39.1. The first kappa shape index (κ1) is 21.1. The van der Waals surface area contributed by atoms with Crippen molar-refractivity contribution in [1.29, 1.82) is 0 Å². The Bertz CT molecular complexity index is 1220. The Balaban J connectivity index is 1.98. The van der Waals surface area contributed by atoms with Crippen molar-refractivity contribution < 1.29 is 19.2 Å². The molecule has 0 fully saturated rings. The molecule has 0 aliphatic carbocycles. The monoisotopic (exact) mass is 425 g/mol. The summed E-state index contributed by atoms with van der Waals surface area (Å²) in [5.74, 6) is -0.988.